The van der Waals surface area contributed by atoms with Gasteiger partial charge in [-0.05, 0) is 74.7 Å². The maximum Gasteiger partial charge on any atom is 0.264 e. The fourth-order valence-corrected chi connectivity index (χ4v) is 5.69. The number of benzene rings is 3. The van der Waals surface area contributed by atoms with Crippen molar-refractivity contribution in [3.05, 3.63) is 93.4 Å². The van der Waals surface area contributed by atoms with Crippen molar-refractivity contribution in [2.45, 2.75) is 57.6 Å². The molecule has 0 aromatic heterocycles. The summed E-state index contributed by atoms with van der Waals surface area (Å²) in [5, 5.41) is 3.30. The van der Waals surface area contributed by atoms with Crippen LogP contribution in [0.5, 0.6) is 0 Å². The molecule has 0 aliphatic rings. The molecule has 0 unspecified atom stereocenters. The molecule has 0 saturated carbocycles. The lowest BCUT2D eigenvalue weighted by Gasteiger charge is -2.32. The molecule has 39 heavy (non-hydrogen) atoms. The molecule has 10 heteroatoms. The minimum absolute atomic E-state index is 0.0384. The smallest absolute Gasteiger partial charge is 0.264 e. The van der Waals surface area contributed by atoms with E-state index in [0.29, 0.717) is 5.02 Å². The van der Waals surface area contributed by atoms with Gasteiger partial charge < -0.3 is 10.2 Å². The molecule has 3 rings (SSSR count). The van der Waals surface area contributed by atoms with Gasteiger partial charge in [0.2, 0.25) is 11.8 Å². The van der Waals surface area contributed by atoms with Crippen LogP contribution in [-0.2, 0) is 26.2 Å². The zero-order valence-corrected chi connectivity index (χ0v) is 25.6. The Kier molecular flexibility index (Phi) is 10.6. The van der Waals surface area contributed by atoms with Crippen molar-refractivity contribution in [1.82, 2.24) is 10.2 Å². The third-order valence-corrected chi connectivity index (χ3v) is 9.21. The molecule has 2 atom stereocenters. The summed E-state index contributed by atoms with van der Waals surface area (Å²) in [5.41, 5.74) is 1.82. The van der Waals surface area contributed by atoms with Crippen molar-refractivity contribution in [3.8, 4) is 0 Å². The average molecular weight is 635 g/mol. The Bertz CT molecular complexity index is 1400. The highest BCUT2D eigenvalue weighted by molar-refractivity contribution is 9.10. The van der Waals surface area contributed by atoms with E-state index in [1.807, 2.05) is 45.0 Å². The number of carbonyl (C=O) groups excluding carboxylic acids is 2. The maximum atomic E-state index is 13.9. The number of sulfonamides is 1. The third-order valence-electron chi connectivity index (χ3n) is 6.49. The van der Waals surface area contributed by atoms with Crippen molar-refractivity contribution in [1.29, 1.82) is 0 Å². The van der Waals surface area contributed by atoms with Crippen LogP contribution < -0.4 is 9.62 Å². The summed E-state index contributed by atoms with van der Waals surface area (Å²) in [6.07, 6.45) is 0.733. The van der Waals surface area contributed by atoms with Crippen molar-refractivity contribution in [2.24, 2.45) is 0 Å². The lowest BCUT2D eigenvalue weighted by molar-refractivity contribution is -0.139. The summed E-state index contributed by atoms with van der Waals surface area (Å²) in [6, 6.07) is 19.2. The molecular weight excluding hydrogens is 602 g/mol. The molecule has 0 bridgehead atoms. The van der Waals surface area contributed by atoms with Gasteiger partial charge in [-0.15, -0.1) is 0 Å². The first-order chi connectivity index (χ1) is 18.4. The Hall–Kier alpha value is -2.88. The molecule has 0 saturated heterocycles. The standard InChI is InChI=1S/C29H33BrClN3O4S/c1-5-21(3)32-29(36)22(4)33(18-23-12-14-24(30)15-13-23)28(35)19-34(25-16-11-20(2)27(31)17-25)39(37,38)26-9-7-6-8-10-26/h6-17,21-22H,5,18-19H2,1-4H3,(H,32,36)/t21-,22-/m0/s1. The van der Waals surface area contributed by atoms with E-state index in [1.54, 1.807) is 37.3 Å². The van der Waals surface area contributed by atoms with Crippen LogP contribution in [0.4, 0.5) is 5.69 Å². The van der Waals surface area contributed by atoms with Gasteiger partial charge in [0.1, 0.15) is 12.6 Å². The van der Waals surface area contributed by atoms with E-state index >= 15 is 0 Å². The number of hydrogen-bond acceptors (Lipinski definition) is 4. The molecule has 208 valence electrons. The summed E-state index contributed by atoms with van der Waals surface area (Å²) < 4.78 is 29.5. The fourth-order valence-electron chi connectivity index (χ4n) is 3.82. The summed E-state index contributed by atoms with van der Waals surface area (Å²) in [7, 11) is -4.14. The van der Waals surface area contributed by atoms with Crippen molar-refractivity contribution in [3.63, 3.8) is 0 Å². The normalized spacial score (nSPS) is 12.9. The van der Waals surface area contributed by atoms with Gasteiger partial charge in [0, 0.05) is 22.1 Å². The summed E-state index contributed by atoms with van der Waals surface area (Å²) >= 11 is 9.77. The van der Waals surface area contributed by atoms with Crippen LogP contribution in [0.2, 0.25) is 5.02 Å². The number of carbonyl (C=O) groups is 2. The zero-order chi connectivity index (χ0) is 28.7. The van der Waals surface area contributed by atoms with Gasteiger partial charge in [-0.3, -0.25) is 13.9 Å². The van der Waals surface area contributed by atoms with Crippen molar-refractivity contribution < 1.29 is 18.0 Å². The third kappa shape index (κ3) is 7.84. The molecular formula is C29H33BrClN3O4S. The molecule has 0 heterocycles. The predicted molar refractivity (Wildman–Crippen MR) is 159 cm³/mol. The van der Waals surface area contributed by atoms with E-state index in [4.69, 9.17) is 11.6 Å². The highest BCUT2D eigenvalue weighted by atomic mass is 79.9. The first-order valence-corrected chi connectivity index (χ1v) is 15.2. The van der Waals surface area contributed by atoms with E-state index in [-0.39, 0.29) is 29.1 Å². The second-order valence-electron chi connectivity index (χ2n) is 9.40. The van der Waals surface area contributed by atoms with E-state index in [0.717, 1.165) is 26.3 Å². The Balaban J connectivity index is 2.03. The number of halogens is 2. The molecule has 3 aromatic carbocycles. The second-order valence-corrected chi connectivity index (χ2v) is 12.6. The summed E-state index contributed by atoms with van der Waals surface area (Å²) in [5.74, 6) is -0.841. The van der Waals surface area contributed by atoms with Crippen LogP contribution in [0.1, 0.15) is 38.3 Å². The van der Waals surface area contributed by atoms with Gasteiger partial charge in [-0.2, -0.15) is 0 Å². The summed E-state index contributed by atoms with van der Waals surface area (Å²) in [4.78, 5) is 28.5. The molecule has 2 amide bonds. The molecule has 0 aliphatic carbocycles. The Morgan fingerprint density at radius 1 is 1.00 bits per heavy atom. The van der Waals surface area contributed by atoms with E-state index in [2.05, 4.69) is 21.2 Å². The number of nitrogens with one attached hydrogen (secondary N) is 1. The van der Waals surface area contributed by atoms with Crippen LogP contribution in [0.15, 0.2) is 82.2 Å². The van der Waals surface area contributed by atoms with Crippen LogP contribution >= 0.6 is 27.5 Å². The van der Waals surface area contributed by atoms with E-state index in [9.17, 15) is 18.0 Å². The lowest BCUT2D eigenvalue weighted by Crippen LogP contribution is -2.52. The highest BCUT2D eigenvalue weighted by Gasteiger charge is 2.33. The topological polar surface area (TPSA) is 86.8 Å². The Morgan fingerprint density at radius 2 is 1.64 bits per heavy atom. The molecule has 0 fully saturated rings. The average Bonchev–Trinajstić information content (AvgIpc) is 2.92. The first-order valence-electron chi connectivity index (χ1n) is 12.6. The summed E-state index contributed by atoms with van der Waals surface area (Å²) in [6.45, 7) is 6.90. The number of hydrogen-bond donors (Lipinski definition) is 1. The van der Waals surface area contributed by atoms with Gasteiger partial charge in [-0.25, -0.2) is 8.42 Å². The monoisotopic (exact) mass is 633 g/mol. The second kappa shape index (κ2) is 13.5. The Morgan fingerprint density at radius 3 is 2.23 bits per heavy atom. The molecule has 0 aliphatic heterocycles. The first kappa shape index (κ1) is 30.7. The van der Waals surface area contributed by atoms with Gasteiger partial charge in [0.05, 0.1) is 10.6 Å². The molecule has 0 radical (unpaired) electrons. The number of amides is 2. The SMILES string of the molecule is CC[C@H](C)NC(=O)[C@H](C)N(Cc1ccc(Br)cc1)C(=O)CN(c1ccc(C)c(Cl)c1)S(=O)(=O)c1ccccc1. The quantitative estimate of drug-likeness (QED) is 0.283. The van der Waals surface area contributed by atoms with E-state index < -0.39 is 28.5 Å². The van der Waals surface area contributed by atoms with Gasteiger partial charge in [-0.1, -0.05) is 70.9 Å². The van der Waals surface area contributed by atoms with Crippen molar-refractivity contribution in [2.75, 3.05) is 10.8 Å². The highest BCUT2D eigenvalue weighted by Crippen LogP contribution is 2.28. The molecule has 7 nitrogen and oxygen atoms in total. The maximum absolute atomic E-state index is 13.9. The van der Waals surface area contributed by atoms with Crippen LogP contribution in [0.3, 0.4) is 0 Å². The minimum atomic E-state index is -4.14. The molecule has 3 aromatic rings. The van der Waals surface area contributed by atoms with Gasteiger partial charge in [0.15, 0.2) is 0 Å². The number of aryl methyl sites for hydroxylation is 1. The van der Waals surface area contributed by atoms with Crippen LogP contribution in [-0.4, -0.2) is 43.8 Å². The van der Waals surface area contributed by atoms with E-state index in [1.165, 1.54) is 23.1 Å². The Labute approximate surface area is 244 Å². The fraction of sp³-hybridized carbons (Fsp3) is 0.310. The van der Waals surface area contributed by atoms with Crippen LogP contribution in [0.25, 0.3) is 0 Å². The largest absolute Gasteiger partial charge is 0.352 e. The minimum Gasteiger partial charge on any atom is -0.352 e. The predicted octanol–water partition coefficient (Wildman–Crippen LogP) is 5.94. The number of nitrogens with zero attached hydrogens (tertiary/aromatic N) is 2. The van der Waals surface area contributed by atoms with Crippen molar-refractivity contribution >= 4 is 55.1 Å². The van der Waals surface area contributed by atoms with Gasteiger partial charge in [0.25, 0.3) is 10.0 Å². The molecule has 1 N–H and O–H groups in total. The zero-order valence-electron chi connectivity index (χ0n) is 22.4. The van der Waals surface area contributed by atoms with Crippen LogP contribution in [0, 0.1) is 6.92 Å². The molecule has 0 spiro atoms. The number of anilines is 1. The number of rotatable bonds is 11. The van der Waals surface area contributed by atoms with Gasteiger partial charge >= 0.3 is 0 Å². The lowest BCUT2D eigenvalue weighted by atomic mass is 10.1.